The SMILES string of the molecule is Oc1ccc2c(c1)CCC2NCCc1ncno1. The number of nitrogens with one attached hydrogen (secondary N) is 1. The molecule has 0 saturated carbocycles. The van der Waals surface area contributed by atoms with Crippen molar-refractivity contribution in [2.24, 2.45) is 0 Å². The van der Waals surface area contributed by atoms with Crippen molar-refractivity contribution in [3.63, 3.8) is 0 Å². The van der Waals surface area contributed by atoms with E-state index in [-0.39, 0.29) is 0 Å². The smallest absolute Gasteiger partial charge is 0.227 e. The van der Waals surface area contributed by atoms with Crippen LogP contribution in [0, 0.1) is 0 Å². The molecule has 1 aliphatic carbocycles. The topological polar surface area (TPSA) is 71.2 Å². The summed E-state index contributed by atoms with van der Waals surface area (Å²) in [6.45, 7) is 0.813. The number of aromatic hydroxyl groups is 1. The van der Waals surface area contributed by atoms with Gasteiger partial charge in [0.2, 0.25) is 5.89 Å². The average molecular weight is 245 g/mol. The minimum atomic E-state index is 0.347. The van der Waals surface area contributed by atoms with E-state index in [0.29, 0.717) is 17.7 Å². The molecule has 3 rings (SSSR count). The third kappa shape index (κ3) is 2.22. The number of benzene rings is 1. The fourth-order valence-corrected chi connectivity index (χ4v) is 2.48. The molecular weight excluding hydrogens is 230 g/mol. The van der Waals surface area contributed by atoms with Gasteiger partial charge in [0.05, 0.1) is 0 Å². The van der Waals surface area contributed by atoms with Gasteiger partial charge in [-0.05, 0) is 36.1 Å². The van der Waals surface area contributed by atoms with Crippen molar-refractivity contribution in [3.05, 3.63) is 41.5 Å². The Labute approximate surface area is 105 Å². The molecule has 0 amide bonds. The number of rotatable bonds is 4. The van der Waals surface area contributed by atoms with Crippen molar-refractivity contribution >= 4 is 0 Å². The van der Waals surface area contributed by atoms with E-state index in [1.54, 1.807) is 6.07 Å². The molecule has 0 saturated heterocycles. The molecule has 5 nitrogen and oxygen atoms in total. The Morgan fingerprint density at radius 3 is 3.22 bits per heavy atom. The lowest BCUT2D eigenvalue weighted by atomic mass is 10.1. The van der Waals surface area contributed by atoms with Gasteiger partial charge >= 0.3 is 0 Å². The molecular formula is C13H15N3O2. The largest absolute Gasteiger partial charge is 0.508 e. The number of nitrogens with zero attached hydrogens (tertiary/aromatic N) is 2. The molecule has 0 fully saturated rings. The number of aryl methyl sites for hydroxylation is 1. The van der Waals surface area contributed by atoms with E-state index >= 15 is 0 Å². The van der Waals surface area contributed by atoms with Crippen LogP contribution in [0.15, 0.2) is 29.0 Å². The molecule has 0 spiro atoms. The van der Waals surface area contributed by atoms with Crippen LogP contribution in [0.3, 0.4) is 0 Å². The van der Waals surface area contributed by atoms with Gasteiger partial charge in [0.25, 0.3) is 0 Å². The van der Waals surface area contributed by atoms with E-state index < -0.39 is 0 Å². The van der Waals surface area contributed by atoms with Crippen LogP contribution < -0.4 is 5.32 Å². The quantitative estimate of drug-likeness (QED) is 0.856. The predicted molar refractivity (Wildman–Crippen MR) is 65.2 cm³/mol. The average Bonchev–Trinajstić information content (AvgIpc) is 2.99. The Bertz CT molecular complexity index is 525. The normalized spacial score (nSPS) is 17.9. The molecule has 1 aromatic heterocycles. The summed E-state index contributed by atoms with van der Waals surface area (Å²) in [6.07, 6.45) is 4.25. The second-order valence-corrected chi connectivity index (χ2v) is 4.51. The molecule has 1 atom stereocenters. The van der Waals surface area contributed by atoms with Crippen LogP contribution in [0.2, 0.25) is 0 Å². The number of phenolic OH excluding ortho intramolecular Hbond substituents is 1. The number of fused-ring (bicyclic) bond motifs is 1. The summed E-state index contributed by atoms with van der Waals surface area (Å²) >= 11 is 0. The Balaban J connectivity index is 1.59. The van der Waals surface area contributed by atoms with E-state index in [0.717, 1.165) is 25.8 Å². The molecule has 5 heteroatoms. The summed E-state index contributed by atoms with van der Waals surface area (Å²) in [7, 11) is 0. The Morgan fingerprint density at radius 1 is 1.44 bits per heavy atom. The third-order valence-corrected chi connectivity index (χ3v) is 3.34. The molecule has 1 aliphatic rings. The maximum Gasteiger partial charge on any atom is 0.227 e. The predicted octanol–water partition coefficient (Wildman–Crippen LogP) is 1.59. The van der Waals surface area contributed by atoms with Crippen molar-refractivity contribution in [1.82, 2.24) is 15.5 Å². The first-order valence-electron chi connectivity index (χ1n) is 6.13. The van der Waals surface area contributed by atoms with Crippen LogP contribution >= 0.6 is 0 Å². The highest BCUT2D eigenvalue weighted by molar-refractivity contribution is 5.39. The molecule has 1 unspecified atom stereocenters. The summed E-state index contributed by atoms with van der Waals surface area (Å²) < 4.78 is 4.95. The number of aromatic nitrogens is 2. The van der Waals surface area contributed by atoms with E-state index in [4.69, 9.17) is 4.52 Å². The van der Waals surface area contributed by atoms with Gasteiger partial charge in [-0.1, -0.05) is 11.2 Å². The molecule has 2 N–H and O–H groups in total. The van der Waals surface area contributed by atoms with Crippen molar-refractivity contribution in [2.75, 3.05) is 6.54 Å². The zero-order chi connectivity index (χ0) is 12.4. The maximum atomic E-state index is 9.44. The van der Waals surface area contributed by atoms with Crippen molar-refractivity contribution in [1.29, 1.82) is 0 Å². The fraction of sp³-hybridized carbons (Fsp3) is 0.385. The maximum absolute atomic E-state index is 9.44. The summed E-state index contributed by atoms with van der Waals surface area (Å²) in [6, 6.07) is 5.97. The zero-order valence-electron chi connectivity index (χ0n) is 9.97. The summed E-state index contributed by atoms with van der Waals surface area (Å²) in [4.78, 5) is 3.99. The van der Waals surface area contributed by atoms with Gasteiger partial charge in [0.1, 0.15) is 5.75 Å². The standard InChI is InChI=1S/C13H15N3O2/c17-10-2-3-11-9(7-10)1-4-12(11)14-6-5-13-15-8-16-18-13/h2-3,7-8,12,14,17H,1,4-6H2. The zero-order valence-corrected chi connectivity index (χ0v) is 9.97. The summed E-state index contributed by atoms with van der Waals surface area (Å²) in [5, 5.41) is 16.5. The van der Waals surface area contributed by atoms with Gasteiger partial charge in [-0.3, -0.25) is 0 Å². The van der Waals surface area contributed by atoms with Crippen LogP contribution in [-0.4, -0.2) is 21.8 Å². The van der Waals surface area contributed by atoms with Crippen LogP contribution in [0.5, 0.6) is 5.75 Å². The minimum absolute atomic E-state index is 0.347. The highest BCUT2D eigenvalue weighted by Crippen LogP contribution is 2.32. The Morgan fingerprint density at radius 2 is 2.39 bits per heavy atom. The lowest BCUT2D eigenvalue weighted by molar-refractivity contribution is 0.371. The minimum Gasteiger partial charge on any atom is -0.508 e. The van der Waals surface area contributed by atoms with Crippen molar-refractivity contribution in [2.45, 2.75) is 25.3 Å². The van der Waals surface area contributed by atoms with E-state index in [1.165, 1.54) is 17.5 Å². The lowest BCUT2D eigenvalue weighted by Gasteiger charge is -2.13. The first-order chi connectivity index (χ1) is 8.83. The lowest BCUT2D eigenvalue weighted by Crippen LogP contribution is -2.21. The van der Waals surface area contributed by atoms with Crippen LogP contribution in [0.25, 0.3) is 0 Å². The van der Waals surface area contributed by atoms with E-state index in [9.17, 15) is 5.11 Å². The van der Waals surface area contributed by atoms with Gasteiger partial charge in [-0.15, -0.1) is 0 Å². The molecule has 94 valence electrons. The second-order valence-electron chi connectivity index (χ2n) is 4.51. The number of hydrogen-bond donors (Lipinski definition) is 2. The molecule has 0 aliphatic heterocycles. The summed E-state index contributed by atoms with van der Waals surface area (Å²) in [5.74, 6) is 1.01. The van der Waals surface area contributed by atoms with Gasteiger partial charge in [-0.25, -0.2) is 0 Å². The van der Waals surface area contributed by atoms with Crippen LogP contribution in [0.4, 0.5) is 0 Å². The van der Waals surface area contributed by atoms with Crippen molar-refractivity contribution in [3.8, 4) is 5.75 Å². The second kappa shape index (κ2) is 4.78. The van der Waals surface area contributed by atoms with E-state index in [2.05, 4.69) is 15.5 Å². The monoisotopic (exact) mass is 245 g/mol. The molecule has 18 heavy (non-hydrogen) atoms. The van der Waals surface area contributed by atoms with E-state index in [1.807, 2.05) is 12.1 Å². The van der Waals surface area contributed by atoms with Crippen molar-refractivity contribution < 1.29 is 9.63 Å². The van der Waals surface area contributed by atoms with Gasteiger partial charge < -0.3 is 14.9 Å². The molecule has 0 radical (unpaired) electrons. The third-order valence-electron chi connectivity index (χ3n) is 3.34. The van der Waals surface area contributed by atoms with Gasteiger partial charge in [0, 0.05) is 19.0 Å². The van der Waals surface area contributed by atoms with Gasteiger partial charge in [0.15, 0.2) is 6.33 Å². The molecule has 2 aromatic rings. The number of hydrogen-bond acceptors (Lipinski definition) is 5. The van der Waals surface area contributed by atoms with Gasteiger partial charge in [-0.2, -0.15) is 4.98 Å². The fourth-order valence-electron chi connectivity index (χ4n) is 2.48. The molecule has 0 bridgehead atoms. The number of phenols is 1. The first-order valence-corrected chi connectivity index (χ1v) is 6.13. The summed E-state index contributed by atoms with van der Waals surface area (Å²) in [5.41, 5.74) is 2.53. The highest BCUT2D eigenvalue weighted by atomic mass is 16.5. The van der Waals surface area contributed by atoms with Crippen LogP contribution in [-0.2, 0) is 12.8 Å². The first kappa shape index (κ1) is 11.2. The molecule has 1 heterocycles. The Kier molecular flexibility index (Phi) is 2.98. The molecule has 1 aromatic carbocycles. The van der Waals surface area contributed by atoms with Crippen LogP contribution in [0.1, 0.15) is 29.5 Å². The Hall–Kier alpha value is -1.88. The highest BCUT2D eigenvalue weighted by Gasteiger charge is 2.21.